The number of primary amides is 1. The number of fused-ring (bicyclic) bond motifs is 1. The molecule has 2 aromatic rings. The lowest BCUT2D eigenvalue weighted by molar-refractivity contribution is 0.1000. The van der Waals surface area contributed by atoms with Gasteiger partial charge in [-0.3, -0.25) is 4.79 Å². The minimum Gasteiger partial charge on any atom is -0.457 e. The van der Waals surface area contributed by atoms with E-state index in [0.717, 1.165) is 17.5 Å². The number of hydrogen-bond acceptors (Lipinski definition) is 4. The van der Waals surface area contributed by atoms with E-state index in [0.29, 0.717) is 17.9 Å². The van der Waals surface area contributed by atoms with Crippen molar-refractivity contribution in [3.8, 4) is 17.6 Å². The van der Waals surface area contributed by atoms with Gasteiger partial charge in [0.25, 0.3) is 0 Å². The molecule has 5 nitrogen and oxygen atoms in total. The first-order valence-corrected chi connectivity index (χ1v) is 6.92. The third kappa shape index (κ3) is 2.41. The fourth-order valence-electron chi connectivity index (χ4n) is 2.72. The van der Waals surface area contributed by atoms with E-state index in [4.69, 9.17) is 15.7 Å². The van der Waals surface area contributed by atoms with Crippen LogP contribution in [0, 0.1) is 11.3 Å². The van der Waals surface area contributed by atoms with Crippen LogP contribution in [0.25, 0.3) is 0 Å². The second-order valence-corrected chi connectivity index (χ2v) is 5.16. The summed E-state index contributed by atoms with van der Waals surface area (Å²) in [5.74, 6) is 0.466. The highest BCUT2D eigenvalue weighted by Crippen LogP contribution is 2.38. The molecule has 1 aliphatic carbocycles. The van der Waals surface area contributed by atoms with Crippen LogP contribution in [0.1, 0.15) is 39.6 Å². The molecule has 1 amide bonds. The molecule has 0 spiro atoms. The lowest BCUT2D eigenvalue weighted by atomic mass is 10.1. The second-order valence-electron chi connectivity index (χ2n) is 5.16. The Hall–Kier alpha value is -2.84. The zero-order chi connectivity index (χ0) is 15.7. The Bertz CT molecular complexity index is 793. The number of carbonyl (C=O) groups excluding carboxylic acids is 1. The first kappa shape index (κ1) is 14.1. The van der Waals surface area contributed by atoms with Crippen molar-refractivity contribution in [2.45, 2.75) is 18.9 Å². The molecule has 0 saturated carbocycles. The van der Waals surface area contributed by atoms with Gasteiger partial charge in [-0.25, -0.2) is 0 Å². The van der Waals surface area contributed by atoms with Crippen molar-refractivity contribution >= 4 is 5.91 Å². The van der Waals surface area contributed by atoms with Gasteiger partial charge in [0, 0.05) is 5.56 Å². The molecular formula is C17H14N2O3. The summed E-state index contributed by atoms with van der Waals surface area (Å²) in [6, 6.07) is 12.1. The number of rotatable bonds is 3. The number of aliphatic hydroxyl groups is 1. The molecule has 0 bridgehead atoms. The zero-order valence-corrected chi connectivity index (χ0v) is 11.7. The fraction of sp³-hybridized carbons (Fsp3) is 0.176. The van der Waals surface area contributed by atoms with E-state index < -0.39 is 12.0 Å². The summed E-state index contributed by atoms with van der Waals surface area (Å²) >= 11 is 0. The van der Waals surface area contributed by atoms with Gasteiger partial charge >= 0.3 is 0 Å². The summed E-state index contributed by atoms with van der Waals surface area (Å²) < 4.78 is 5.83. The molecule has 0 aromatic heterocycles. The molecule has 2 aromatic carbocycles. The fourth-order valence-corrected chi connectivity index (χ4v) is 2.72. The summed E-state index contributed by atoms with van der Waals surface area (Å²) in [6.45, 7) is 0. The smallest absolute Gasteiger partial charge is 0.250 e. The van der Waals surface area contributed by atoms with E-state index >= 15 is 0 Å². The van der Waals surface area contributed by atoms with Crippen LogP contribution in [-0.4, -0.2) is 11.0 Å². The molecule has 22 heavy (non-hydrogen) atoms. The van der Waals surface area contributed by atoms with Crippen LogP contribution in [0.4, 0.5) is 0 Å². The number of aliphatic hydroxyl groups excluding tert-OH is 1. The topological polar surface area (TPSA) is 96.3 Å². The lowest BCUT2D eigenvalue weighted by Crippen LogP contribution is -2.12. The van der Waals surface area contributed by atoms with Crippen LogP contribution >= 0.6 is 0 Å². The molecule has 0 fully saturated rings. The van der Waals surface area contributed by atoms with Crippen LogP contribution in [0.3, 0.4) is 0 Å². The van der Waals surface area contributed by atoms with Crippen LogP contribution < -0.4 is 10.5 Å². The van der Waals surface area contributed by atoms with Crippen molar-refractivity contribution < 1.29 is 14.6 Å². The van der Waals surface area contributed by atoms with Gasteiger partial charge in [0.05, 0.1) is 17.2 Å². The Morgan fingerprint density at radius 1 is 1.36 bits per heavy atom. The predicted octanol–water partition coefficient (Wildman–Crippen LogP) is 2.43. The summed E-state index contributed by atoms with van der Waals surface area (Å²) in [7, 11) is 0. The number of nitrogens with zero attached hydrogens (tertiary/aromatic N) is 1. The quantitative estimate of drug-likeness (QED) is 0.908. The number of hydrogen-bond donors (Lipinski definition) is 2. The molecule has 0 radical (unpaired) electrons. The molecule has 3 rings (SSSR count). The van der Waals surface area contributed by atoms with Crippen LogP contribution in [0.2, 0.25) is 0 Å². The van der Waals surface area contributed by atoms with Gasteiger partial charge in [-0.05, 0) is 42.7 Å². The molecule has 0 aliphatic heterocycles. The number of benzene rings is 2. The number of carbonyl (C=O) groups is 1. The second kappa shape index (κ2) is 5.51. The van der Waals surface area contributed by atoms with Gasteiger partial charge < -0.3 is 15.6 Å². The van der Waals surface area contributed by atoms with E-state index in [1.54, 1.807) is 6.07 Å². The number of nitrogens with two attached hydrogens (primary N) is 1. The minimum atomic E-state index is -0.646. The highest BCUT2D eigenvalue weighted by molar-refractivity contribution is 5.95. The highest BCUT2D eigenvalue weighted by Gasteiger charge is 2.23. The Morgan fingerprint density at radius 3 is 2.91 bits per heavy atom. The third-order valence-corrected chi connectivity index (χ3v) is 3.80. The number of nitriles is 1. The van der Waals surface area contributed by atoms with E-state index in [1.165, 1.54) is 12.1 Å². The molecular weight excluding hydrogens is 280 g/mol. The number of ether oxygens (including phenoxy) is 1. The lowest BCUT2D eigenvalue weighted by Gasteiger charge is -2.12. The maximum Gasteiger partial charge on any atom is 0.250 e. The SMILES string of the molecule is N#Cc1cc(Oc2cccc3c2CCC3O)ccc1C(N)=O. The van der Waals surface area contributed by atoms with Crippen molar-refractivity contribution in [2.24, 2.45) is 5.73 Å². The maximum atomic E-state index is 11.2. The average molecular weight is 294 g/mol. The van der Waals surface area contributed by atoms with Crippen molar-refractivity contribution in [3.05, 3.63) is 58.7 Å². The molecule has 0 heterocycles. The van der Waals surface area contributed by atoms with Crippen LogP contribution in [0.15, 0.2) is 36.4 Å². The van der Waals surface area contributed by atoms with Crippen molar-refractivity contribution in [1.29, 1.82) is 5.26 Å². The van der Waals surface area contributed by atoms with Crippen LogP contribution in [0.5, 0.6) is 11.5 Å². The highest BCUT2D eigenvalue weighted by atomic mass is 16.5. The third-order valence-electron chi connectivity index (χ3n) is 3.80. The molecule has 110 valence electrons. The largest absolute Gasteiger partial charge is 0.457 e. The monoisotopic (exact) mass is 294 g/mol. The van der Waals surface area contributed by atoms with Gasteiger partial charge in [0.1, 0.15) is 17.6 Å². The standard InChI is InChI=1S/C17H14N2O3/c18-9-10-8-11(4-5-12(10)17(19)21)22-16-3-1-2-13-14(16)6-7-15(13)20/h1-5,8,15,20H,6-7H2,(H2,19,21). The van der Waals surface area contributed by atoms with Gasteiger partial charge in [-0.2, -0.15) is 5.26 Å². The van der Waals surface area contributed by atoms with Crippen molar-refractivity contribution in [3.63, 3.8) is 0 Å². The molecule has 3 N–H and O–H groups in total. The van der Waals surface area contributed by atoms with Gasteiger partial charge in [-0.15, -0.1) is 0 Å². The van der Waals surface area contributed by atoms with Crippen LogP contribution in [-0.2, 0) is 6.42 Å². The van der Waals surface area contributed by atoms with Gasteiger partial charge in [-0.1, -0.05) is 12.1 Å². The molecule has 1 atom stereocenters. The van der Waals surface area contributed by atoms with Gasteiger partial charge in [0.2, 0.25) is 5.91 Å². The minimum absolute atomic E-state index is 0.170. The zero-order valence-electron chi connectivity index (χ0n) is 11.7. The first-order chi connectivity index (χ1) is 10.6. The molecule has 5 heteroatoms. The summed E-state index contributed by atoms with van der Waals surface area (Å²) in [6.07, 6.45) is 0.974. The maximum absolute atomic E-state index is 11.2. The predicted molar refractivity (Wildman–Crippen MR) is 79.5 cm³/mol. The molecule has 1 aliphatic rings. The number of amides is 1. The Morgan fingerprint density at radius 2 is 2.18 bits per heavy atom. The Balaban J connectivity index is 1.95. The van der Waals surface area contributed by atoms with Crippen molar-refractivity contribution in [1.82, 2.24) is 0 Å². The normalized spacial score (nSPS) is 15.9. The first-order valence-electron chi connectivity index (χ1n) is 6.92. The Kier molecular flexibility index (Phi) is 3.53. The van der Waals surface area contributed by atoms with E-state index in [2.05, 4.69) is 0 Å². The Labute approximate surface area is 127 Å². The van der Waals surface area contributed by atoms with E-state index in [1.807, 2.05) is 24.3 Å². The summed E-state index contributed by atoms with van der Waals surface area (Å²) in [5, 5.41) is 19.0. The van der Waals surface area contributed by atoms with Crippen molar-refractivity contribution in [2.75, 3.05) is 0 Å². The average Bonchev–Trinajstić information content (AvgIpc) is 2.89. The summed E-state index contributed by atoms with van der Waals surface area (Å²) in [4.78, 5) is 11.2. The molecule has 1 unspecified atom stereocenters. The molecule has 0 saturated heterocycles. The van der Waals surface area contributed by atoms with E-state index in [-0.39, 0.29) is 11.1 Å². The van der Waals surface area contributed by atoms with Gasteiger partial charge in [0.15, 0.2) is 0 Å². The van der Waals surface area contributed by atoms with E-state index in [9.17, 15) is 9.90 Å². The summed E-state index contributed by atoms with van der Waals surface area (Å²) in [5.41, 5.74) is 7.43.